The van der Waals surface area contributed by atoms with Crippen LogP contribution in [-0.4, -0.2) is 34.3 Å². The third-order valence-corrected chi connectivity index (χ3v) is 3.58. The predicted octanol–water partition coefficient (Wildman–Crippen LogP) is 2.58. The van der Waals surface area contributed by atoms with E-state index in [0.29, 0.717) is 0 Å². The van der Waals surface area contributed by atoms with Crippen molar-refractivity contribution in [1.82, 2.24) is 4.98 Å². The second-order valence-corrected chi connectivity index (χ2v) is 5.45. The molecule has 0 atom stereocenters. The number of aromatic nitrogens is 1. The van der Waals surface area contributed by atoms with Crippen LogP contribution in [0.5, 0.6) is 0 Å². The van der Waals surface area contributed by atoms with E-state index in [2.05, 4.69) is 20.4 Å². The maximum Gasteiger partial charge on any atom is 0.381 e. The number of hydrogen-bond acceptors (Lipinski definition) is 8. The first-order valence-electron chi connectivity index (χ1n) is 7.00. The van der Waals surface area contributed by atoms with Crippen LogP contribution in [0.4, 0.5) is 25.7 Å². The van der Waals surface area contributed by atoms with Crippen molar-refractivity contribution < 1.29 is 28.4 Å². The van der Waals surface area contributed by atoms with Crippen molar-refractivity contribution in [2.24, 2.45) is 0 Å². The number of nitrogens with zero attached hydrogens (tertiary/aromatic N) is 2. The van der Waals surface area contributed by atoms with Crippen LogP contribution < -0.4 is 10.6 Å². The highest BCUT2D eigenvalue weighted by Gasteiger charge is 2.21. The molecule has 1 aromatic heterocycles. The number of carbonyl (C=O) groups is 3. The molecule has 10 nitrogen and oxygen atoms in total. The number of amides is 2. The summed E-state index contributed by atoms with van der Waals surface area (Å²) in [7, 11) is 0. The molecule has 2 N–H and O–H groups in total. The lowest BCUT2D eigenvalue weighted by molar-refractivity contribution is -0.387. The van der Waals surface area contributed by atoms with Gasteiger partial charge in [-0.2, -0.15) is 4.39 Å². The third-order valence-electron chi connectivity index (χ3n) is 2.82. The molecule has 0 saturated carbocycles. The number of ether oxygens (including phenoxy) is 1. The monoisotopic (exact) mass is 382 g/mol. The van der Waals surface area contributed by atoms with Crippen molar-refractivity contribution in [3.05, 3.63) is 45.2 Å². The molecule has 1 aromatic carbocycles. The van der Waals surface area contributed by atoms with Crippen molar-refractivity contribution in [3.8, 4) is 0 Å². The van der Waals surface area contributed by atoms with Crippen LogP contribution >= 0.6 is 11.3 Å². The second-order valence-electron chi connectivity index (χ2n) is 4.59. The molecule has 12 heteroatoms. The average Bonchev–Trinajstić information content (AvgIpc) is 3.04. The normalized spacial score (nSPS) is 10.1. The number of ketones is 1. The second kappa shape index (κ2) is 8.11. The van der Waals surface area contributed by atoms with E-state index in [-0.39, 0.29) is 23.1 Å². The summed E-state index contributed by atoms with van der Waals surface area (Å²) in [6.07, 6.45) is 0. The van der Waals surface area contributed by atoms with Gasteiger partial charge in [-0.25, -0.2) is 14.6 Å². The molecule has 0 unspecified atom stereocenters. The van der Waals surface area contributed by atoms with Crippen LogP contribution in [0.2, 0.25) is 0 Å². The van der Waals surface area contributed by atoms with Gasteiger partial charge in [-0.05, 0) is 19.1 Å². The van der Waals surface area contributed by atoms with E-state index >= 15 is 0 Å². The molecule has 0 spiro atoms. The first-order valence-corrected chi connectivity index (χ1v) is 7.88. The lowest BCUT2D eigenvalue weighted by Gasteiger charge is -2.05. The summed E-state index contributed by atoms with van der Waals surface area (Å²) >= 11 is 0.883. The Morgan fingerprint density at radius 3 is 2.73 bits per heavy atom. The van der Waals surface area contributed by atoms with E-state index in [1.807, 2.05) is 0 Å². The van der Waals surface area contributed by atoms with Gasteiger partial charge < -0.3 is 10.1 Å². The quantitative estimate of drug-likeness (QED) is 0.257. The first-order chi connectivity index (χ1) is 12.3. The molecule has 0 radical (unpaired) electrons. The van der Waals surface area contributed by atoms with Crippen LogP contribution in [0.25, 0.3) is 0 Å². The summed E-state index contributed by atoms with van der Waals surface area (Å²) < 4.78 is 17.8. The van der Waals surface area contributed by atoms with Crippen molar-refractivity contribution >= 4 is 45.6 Å². The van der Waals surface area contributed by atoms with Crippen molar-refractivity contribution in [3.63, 3.8) is 0 Å². The minimum atomic E-state index is -1.06. The SMILES string of the molecule is CCOC(=O)C(=O)c1csc(NC(=O)Nc2ccc(F)c([N+](=O)[O-])c2)n1. The standard InChI is InChI=1S/C14H11FN4O6S/c1-2-25-12(21)11(20)9-6-26-14(17-9)18-13(22)16-7-3-4-8(15)10(5-7)19(23)24/h3-6H,2H2,1H3,(H2,16,17,18,22). The van der Waals surface area contributed by atoms with Gasteiger partial charge in [0.1, 0.15) is 5.69 Å². The molecule has 0 bridgehead atoms. The van der Waals surface area contributed by atoms with E-state index in [1.165, 1.54) is 5.38 Å². The predicted molar refractivity (Wildman–Crippen MR) is 88.8 cm³/mol. The average molecular weight is 382 g/mol. The van der Waals surface area contributed by atoms with Crippen molar-refractivity contribution in [2.75, 3.05) is 17.2 Å². The summed E-state index contributed by atoms with van der Waals surface area (Å²) in [5.74, 6) is -3.05. The lowest BCUT2D eigenvalue weighted by Crippen LogP contribution is -2.20. The number of carbonyl (C=O) groups excluding carboxylic acids is 3. The molecular weight excluding hydrogens is 371 g/mol. The fraction of sp³-hybridized carbons (Fsp3) is 0.143. The Morgan fingerprint density at radius 1 is 1.35 bits per heavy atom. The number of nitro benzene ring substituents is 1. The zero-order chi connectivity index (χ0) is 19.3. The minimum Gasteiger partial charge on any atom is -0.460 e. The summed E-state index contributed by atoms with van der Waals surface area (Å²) in [5.41, 5.74) is -1.00. The van der Waals surface area contributed by atoms with Gasteiger partial charge in [-0.3, -0.25) is 20.2 Å². The maximum atomic E-state index is 13.3. The zero-order valence-electron chi connectivity index (χ0n) is 13.1. The van der Waals surface area contributed by atoms with E-state index in [0.717, 1.165) is 29.5 Å². The first kappa shape index (κ1) is 18.9. The Kier molecular flexibility index (Phi) is 5.90. The minimum absolute atomic E-state index is 0.00626. The van der Waals surface area contributed by atoms with Crippen LogP contribution in [0.15, 0.2) is 23.6 Å². The molecule has 0 saturated heterocycles. The lowest BCUT2D eigenvalue weighted by atomic mass is 10.2. The fourth-order valence-corrected chi connectivity index (χ4v) is 2.41. The summed E-state index contributed by atoms with van der Waals surface area (Å²) in [5, 5.41) is 16.5. The number of esters is 1. The molecule has 26 heavy (non-hydrogen) atoms. The number of halogens is 1. The zero-order valence-corrected chi connectivity index (χ0v) is 14.0. The summed E-state index contributed by atoms with van der Waals surface area (Å²) in [4.78, 5) is 48.4. The molecule has 0 fully saturated rings. The van der Waals surface area contributed by atoms with Crippen LogP contribution in [0, 0.1) is 15.9 Å². The highest BCUT2D eigenvalue weighted by Crippen LogP contribution is 2.22. The Balaban J connectivity index is 2.03. The molecule has 0 aliphatic heterocycles. The Morgan fingerprint density at radius 2 is 2.08 bits per heavy atom. The Bertz CT molecular complexity index is 884. The molecule has 0 aliphatic carbocycles. The summed E-state index contributed by atoms with van der Waals surface area (Å²) in [6, 6.07) is 2.01. The molecule has 136 valence electrons. The molecule has 2 aromatic rings. The number of hydrogen-bond donors (Lipinski definition) is 2. The van der Waals surface area contributed by atoms with Gasteiger partial charge >= 0.3 is 17.7 Å². The highest BCUT2D eigenvalue weighted by molar-refractivity contribution is 7.14. The van der Waals surface area contributed by atoms with Crippen molar-refractivity contribution in [1.29, 1.82) is 0 Å². The van der Waals surface area contributed by atoms with Gasteiger partial charge in [0.25, 0.3) is 5.78 Å². The number of nitro groups is 1. The molecule has 0 aliphatic rings. The van der Waals surface area contributed by atoms with Gasteiger partial charge in [0, 0.05) is 17.1 Å². The number of urea groups is 1. The maximum absolute atomic E-state index is 13.3. The van der Waals surface area contributed by atoms with Crippen LogP contribution in [0.3, 0.4) is 0 Å². The van der Waals surface area contributed by atoms with Crippen LogP contribution in [0.1, 0.15) is 17.4 Å². The van der Waals surface area contributed by atoms with E-state index in [1.54, 1.807) is 6.92 Å². The fourth-order valence-electron chi connectivity index (χ4n) is 1.73. The van der Waals surface area contributed by atoms with E-state index in [4.69, 9.17) is 0 Å². The molecular formula is C14H11FN4O6S. The highest BCUT2D eigenvalue weighted by atomic mass is 32.1. The number of thiazole rings is 1. The molecule has 2 rings (SSSR count). The Labute approximate surface area is 149 Å². The largest absolute Gasteiger partial charge is 0.460 e. The molecule has 1 heterocycles. The van der Waals surface area contributed by atoms with Crippen molar-refractivity contribution in [2.45, 2.75) is 6.92 Å². The van der Waals surface area contributed by atoms with E-state index < -0.39 is 34.2 Å². The Hall–Kier alpha value is -3.41. The summed E-state index contributed by atoms with van der Waals surface area (Å²) in [6.45, 7) is 1.58. The van der Waals surface area contributed by atoms with Gasteiger partial charge in [-0.15, -0.1) is 11.3 Å². The number of rotatable bonds is 6. The topological polar surface area (TPSA) is 141 Å². The third kappa shape index (κ3) is 4.57. The van der Waals surface area contributed by atoms with Gasteiger partial charge in [0.05, 0.1) is 11.5 Å². The number of benzene rings is 1. The smallest absolute Gasteiger partial charge is 0.381 e. The van der Waals surface area contributed by atoms with Gasteiger partial charge in [0.15, 0.2) is 5.13 Å². The number of Topliss-reactive ketones (excluding diaryl/α,β-unsaturated/α-hetero) is 1. The van der Waals surface area contributed by atoms with Gasteiger partial charge in [0.2, 0.25) is 5.82 Å². The van der Waals surface area contributed by atoms with Gasteiger partial charge in [-0.1, -0.05) is 0 Å². The number of anilines is 2. The van der Waals surface area contributed by atoms with E-state index in [9.17, 15) is 28.9 Å². The van der Waals surface area contributed by atoms with Crippen LogP contribution in [-0.2, 0) is 9.53 Å². The number of nitrogens with one attached hydrogen (secondary N) is 2. The molecule has 2 amide bonds.